The zero-order valence-corrected chi connectivity index (χ0v) is 10.2. The van der Waals surface area contributed by atoms with Gasteiger partial charge in [-0.2, -0.15) is 0 Å². The Morgan fingerprint density at radius 3 is 2.78 bits per heavy atom. The molecule has 0 saturated heterocycles. The van der Waals surface area contributed by atoms with Crippen LogP contribution in [-0.2, 0) is 4.74 Å². The second-order valence-electron chi connectivity index (χ2n) is 3.88. The lowest BCUT2D eigenvalue weighted by Crippen LogP contribution is -2.22. The highest BCUT2D eigenvalue weighted by Crippen LogP contribution is 2.16. The van der Waals surface area contributed by atoms with E-state index in [1.807, 2.05) is 24.3 Å². The van der Waals surface area contributed by atoms with Gasteiger partial charge >= 0.3 is 6.09 Å². The van der Waals surface area contributed by atoms with Gasteiger partial charge in [0, 0.05) is 6.54 Å². The van der Waals surface area contributed by atoms with Gasteiger partial charge in [-0.3, -0.25) is 0 Å². The zero-order chi connectivity index (χ0) is 12.8. The molecule has 3 heteroatoms. The summed E-state index contributed by atoms with van der Waals surface area (Å²) in [6.07, 6.45) is 3.45. The number of methoxy groups -OCH3 is 1. The molecule has 2 rings (SSSR count). The number of carbonyl (C=O) groups excluding carboxylic acids is 1. The van der Waals surface area contributed by atoms with Gasteiger partial charge < -0.3 is 10.1 Å². The van der Waals surface area contributed by atoms with Crippen molar-refractivity contribution in [2.75, 3.05) is 13.7 Å². The molecular formula is C15H15NO2. The van der Waals surface area contributed by atoms with Gasteiger partial charge in [-0.25, -0.2) is 4.79 Å². The van der Waals surface area contributed by atoms with E-state index < -0.39 is 6.09 Å². The van der Waals surface area contributed by atoms with Crippen molar-refractivity contribution in [2.24, 2.45) is 0 Å². The summed E-state index contributed by atoms with van der Waals surface area (Å²) in [5.41, 5.74) is 1.11. The fourth-order valence-corrected chi connectivity index (χ4v) is 1.72. The minimum absolute atomic E-state index is 0.418. The smallest absolute Gasteiger partial charge is 0.407 e. The summed E-state index contributed by atoms with van der Waals surface area (Å²) in [7, 11) is 1.35. The largest absolute Gasteiger partial charge is 0.453 e. The van der Waals surface area contributed by atoms with Crippen molar-refractivity contribution in [3.05, 3.63) is 54.1 Å². The Bertz CT molecular complexity index is 575. The summed E-state index contributed by atoms with van der Waals surface area (Å²) < 4.78 is 4.48. The summed E-state index contributed by atoms with van der Waals surface area (Å²) in [6.45, 7) is 0.458. The van der Waals surface area contributed by atoms with Crippen molar-refractivity contribution in [1.29, 1.82) is 0 Å². The molecular weight excluding hydrogens is 226 g/mol. The van der Waals surface area contributed by atoms with Gasteiger partial charge in [0.15, 0.2) is 0 Å². The average Bonchev–Trinajstić information content (AvgIpc) is 2.43. The second-order valence-corrected chi connectivity index (χ2v) is 3.88. The fourth-order valence-electron chi connectivity index (χ4n) is 1.72. The molecule has 0 aromatic heterocycles. The maximum Gasteiger partial charge on any atom is 0.407 e. The molecule has 0 spiro atoms. The third kappa shape index (κ3) is 3.10. The molecule has 0 atom stereocenters. The summed E-state index contributed by atoms with van der Waals surface area (Å²) in [6, 6.07) is 14.5. The highest BCUT2D eigenvalue weighted by molar-refractivity contribution is 5.84. The molecule has 0 unspecified atom stereocenters. The van der Waals surface area contributed by atoms with Crippen LogP contribution in [0.25, 0.3) is 16.8 Å². The number of rotatable bonds is 3. The molecule has 3 nitrogen and oxygen atoms in total. The normalized spacial score (nSPS) is 10.7. The van der Waals surface area contributed by atoms with Gasteiger partial charge in [-0.05, 0) is 22.4 Å². The van der Waals surface area contributed by atoms with Gasteiger partial charge in [0.2, 0.25) is 0 Å². The Hall–Kier alpha value is -2.29. The topological polar surface area (TPSA) is 38.3 Å². The van der Waals surface area contributed by atoms with Crippen LogP contribution in [0.4, 0.5) is 4.79 Å². The van der Waals surface area contributed by atoms with E-state index in [4.69, 9.17) is 0 Å². The Kier molecular flexibility index (Phi) is 3.97. The average molecular weight is 241 g/mol. The van der Waals surface area contributed by atoms with Crippen LogP contribution in [0.5, 0.6) is 0 Å². The minimum Gasteiger partial charge on any atom is -0.453 e. The van der Waals surface area contributed by atoms with E-state index in [0.717, 1.165) is 5.56 Å². The van der Waals surface area contributed by atoms with E-state index >= 15 is 0 Å². The van der Waals surface area contributed by atoms with Gasteiger partial charge in [0.05, 0.1) is 7.11 Å². The third-order valence-corrected chi connectivity index (χ3v) is 2.63. The number of nitrogens with one attached hydrogen (secondary N) is 1. The van der Waals surface area contributed by atoms with Gasteiger partial charge in [-0.1, -0.05) is 48.6 Å². The lowest BCUT2D eigenvalue weighted by Gasteiger charge is -2.00. The standard InChI is InChI=1S/C15H15NO2/c1-18-15(17)16-10-4-5-12-8-9-13-6-2-3-7-14(13)11-12/h2-9,11H,10H2,1H3,(H,16,17)/b5-4+. The van der Waals surface area contributed by atoms with E-state index in [9.17, 15) is 4.79 Å². The van der Waals surface area contributed by atoms with E-state index in [2.05, 4.69) is 40.4 Å². The summed E-state index contributed by atoms with van der Waals surface area (Å²) in [4.78, 5) is 10.8. The number of amides is 1. The SMILES string of the molecule is COC(=O)NC/C=C/c1ccc2ccccc2c1. The van der Waals surface area contributed by atoms with E-state index in [1.165, 1.54) is 17.9 Å². The van der Waals surface area contributed by atoms with Crippen molar-refractivity contribution in [1.82, 2.24) is 5.32 Å². The number of hydrogen-bond donors (Lipinski definition) is 1. The van der Waals surface area contributed by atoms with Crippen molar-refractivity contribution in [3.63, 3.8) is 0 Å². The molecule has 0 aliphatic heterocycles. The molecule has 2 aromatic carbocycles. The first kappa shape index (κ1) is 12.2. The number of alkyl carbamates (subject to hydrolysis) is 1. The quantitative estimate of drug-likeness (QED) is 0.896. The van der Waals surface area contributed by atoms with Gasteiger partial charge in [0.1, 0.15) is 0 Å². The first-order chi connectivity index (χ1) is 8.79. The molecule has 0 radical (unpaired) electrons. The van der Waals surface area contributed by atoms with Crippen LogP contribution in [0.1, 0.15) is 5.56 Å². The second kappa shape index (κ2) is 5.87. The van der Waals surface area contributed by atoms with Crippen LogP contribution in [0.3, 0.4) is 0 Å². The molecule has 1 N–H and O–H groups in total. The van der Waals surface area contributed by atoms with Crippen LogP contribution in [0.15, 0.2) is 48.5 Å². The Labute approximate surface area is 106 Å². The third-order valence-electron chi connectivity index (χ3n) is 2.63. The van der Waals surface area contributed by atoms with Crippen molar-refractivity contribution >= 4 is 22.9 Å². The molecule has 0 fully saturated rings. The van der Waals surface area contributed by atoms with Crippen molar-refractivity contribution in [3.8, 4) is 0 Å². The zero-order valence-electron chi connectivity index (χ0n) is 10.2. The van der Waals surface area contributed by atoms with Crippen LogP contribution in [0, 0.1) is 0 Å². The van der Waals surface area contributed by atoms with E-state index in [1.54, 1.807) is 0 Å². The van der Waals surface area contributed by atoms with Crippen molar-refractivity contribution in [2.45, 2.75) is 0 Å². The molecule has 92 valence electrons. The minimum atomic E-state index is -0.418. The number of carbonyl (C=O) groups is 1. The predicted octanol–water partition coefficient (Wildman–Crippen LogP) is 3.21. The summed E-state index contributed by atoms with van der Waals surface area (Å²) in [5, 5.41) is 5.03. The molecule has 0 saturated carbocycles. The monoisotopic (exact) mass is 241 g/mol. The van der Waals surface area contributed by atoms with E-state index in [-0.39, 0.29) is 0 Å². The van der Waals surface area contributed by atoms with Gasteiger partial charge in [-0.15, -0.1) is 0 Å². The Morgan fingerprint density at radius 1 is 1.22 bits per heavy atom. The van der Waals surface area contributed by atoms with Crippen LogP contribution in [-0.4, -0.2) is 19.7 Å². The van der Waals surface area contributed by atoms with Gasteiger partial charge in [0.25, 0.3) is 0 Å². The Morgan fingerprint density at radius 2 is 2.00 bits per heavy atom. The number of benzene rings is 2. The lowest BCUT2D eigenvalue weighted by atomic mass is 10.1. The molecule has 0 heterocycles. The predicted molar refractivity (Wildman–Crippen MR) is 73.4 cm³/mol. The van der Waals surface area contributed by atoms with Crippen LogP contribution < -0.4 is 5.32 Å². The molecule has 0 aliphatic rings. The van der Waals surface area contributed by atoms with Crippen molar-refractivity contribution < 1.29 is 9.53 Å². The highest BCUT2D eigenvalue weighted by atomic mass is 16.5. The maximum absolute atomic E-state index is 10.8. The molecule has 1 amide bonds. The fraction of sp³-hybridized carbons (Fsp3) is 0.133. The summed E-state index contributed by atoms with van der Waals surface area (Å²) >= 11 is 0. The molecule has 0 bridgehead atoms. The number of hydrogen-bond acceptors (Lipinski definition) is 2. The lowest BCUT2D eigenvalue weighted by molar-refractivity contribution is 0.172. The molecule has 0 aliphatic carbocycles. The maximum atomic E-state index is 10.8. The molecule has 2 aromatic rings. The van der Waals surface area contributed by atoms with Crippen LogP contribution in [0.2, 0.25) is 0 Å². The highest BCUT2D eigenvalue weighted by Gasteiger charge is 1.94. The Balaban J connectivity index is 2.03. The summed E-state index contributed by atoms with van der Waals surface area (Å²) in [5.74, 6) is 0. The first-order valence-electron chi connectivity index (χ1n) is 5.77. The number of ether oxygens (including phenoxy) is 1. The first-order valence-corrected chi connectivity index (χ1v) is 5.77. The van der Waals surface area contributed by atoms with E-state index in [0.29, 0.717) is 6.54 Å². The molecule has 18 heavy (non-hydrogen) atoms. The number of fused-ring (bicyclic) bond motifs is 1. The van der Waals surface area contributed by atoms with Crippen LogP contribution >= 0.6 is 0 Å².